The van der Waals surface area contributed by atoms with Gasteiger partial charge in [0, 0.05) is 0 Å². The summed E-state index contributed by atoms with van der Waals surface area (Å²) < 4.78 is 17.1. The minimum absolute atomic E-state index is 0.444. The summed E-state index contributed by atoms with van der Waals surface area (Å²) in [6, 6.07) is 1.46. The molecule has 0 radical (unpaired) electrons. The topological polar surface area (TPSA) is 69.4 Å². The van der Waals surface area contributed by atoms with E-state index in [1.165, 1.54) is 0 Å². The highest BCUT2D eigenvalue weighted by Gasteiger charge is 2.25. The van der Waals surface area contributed by atoms with Gasteiger partial charge in [0.1, 0.15) is 16.4 Å². The van der Waals surface area contributed by atoms with Crippen molar-refractivity contribution in [2.45, 2.75) is 0 Å². The highest BCUT2D eigenvalue weighted by atomic mass is 35.5. The summed E-state index contributed by atoms with van der Waals surface area (Å²) >= 11 is 5.44. The van der Waals surface area contributed by atoms with Crippen LogP contribution in [0.4, 0.5) is 10.1 Å². The fourth-order valence-electron chi connectivity index (χ4n) is 1.02. The third-order valence-electron chi connectivity index (χ3n) is 1.62. The average Bonchev–Trinajstić information content (AvgIpc) is 2.14. The molecular formula is C8H5ClFNO4. The fraction of sp³-hybridized carbons (Fsp3) is 0.125. The molecular weight excluding hydrogens is 229 g/mol. The summed E-state index contributed by atoms with van der Waals surface area (Å²) in [4.78, 5) is 20.8. The van der Waals surface area contributed by atoms with Crippen LogP contribution in [0.25, 0.3) is 0 Å². The number of carbonyl (C=O) groups is 1. The number of ether oxygens (including phenoxy) is 1. The predicted octanol–water partition coefficient (Wildman–Crippen LogP) is 2.17. The molecule has 0 aromatic heterocycles. The van der Waals surface area contributed by atoms with Crippen molar-refractivity contribution in [1.29, 1.82) is 0 Å². The molecule has 0 saturated carbocycles. The predicted molar refractivity (Wildman–Crippen MR) is 49.4 cm³/mol. The third-order valence-corrected chi connectivity index (χ3v) is 1.90. The molecule has 0 bridgehead atoms. The molecule has 0 aliphatic heterocycles. The van der Waals surface area contributed by atoms with Crippen LogP contribution >= 0.6 is 11.6 Å². The lowest BCUT2D eigenvalue weighted by molar-refractivity contribution is -0.385. The van der Waals surface area contributed by atoms with Crippen LogP contribution in [-0.4, -0.2) is 18.0 Å². The summed E-state index contributed by atoms with van der Waals surface area (Å²) in [6.45, 7) is 0. The van der Waals surface area contributed by atoms with Gasteiger partial charge < -0.3 is 4.74 Å². The van der Waals surface area contributed by atoms with Crippen LogP contribution in [0.5, 0.6) is 0 Å². The molecule has 1 rings (SSSR count). The van der Waals surface area contributed by atoms with Crippen LogP contribution in [-0.2, 0) is 4.74 Å². The van der Waals surface area contributed by atoms with Crippen molar-refractivity contribution >= 4 is 23.3 Å². The van der Waals surface area contributed by atoms with E-state index in [1.54, 1.807) is 0 Å². The zero-order valence-corrected chi connectivity index (χ0v) is 8.25. The molecule has 0 aliphatic carbocycles. The molecule has 80 valence electrons. The lowest BCUT2D eigenvalue weighted by Gasteiger charge is -2.02. The fourth-order valence-corrected chi connectivity index (χ4v) is 1.29. The maximum atomic E-state index is 12.9. The van der Waals surface area contributed by atoms with Crippen molar-refractivity contribution in [2.75, 3.05) is 7.11 Å². The van der Waals surface area contributed by atoms with Gasteiger partial charge in [-0.15, -0.1) is 0 Å². The van der Waals surface area contributed by atoms with Crippen molar-refractivity contribution in [1.82, 2.24) is 0 Å². The number of methoxy groups -OCH3 is 1. The van der Waals surface area contributed by atoms with Crippen LogP contribution < -0.4 is 0 Å². The zero-order valence-electron chi connectivity index (χ0n) is 7.49. The van der Waals surface area contributed by atoms with E-state index >= 15 is 0 Å². The summed E-state index contributed by atoms with van der Waals surface area (Å²) in [5, 5.41) is 10.1. The Balaban J connectivity index is 3.46. The Labute approximate surface area is 88.6 Å². The largest absolute Gasteiger partial charge is 0.465 e. The zero-order chi connectivity index (χ0) is 11.6. The Bertz CT molecular complexity index is 435. The summed E-state index contributed by atoms with van der Waals surface area (Å²) in [6.07, 6.45) is 0. The molecule has 0 saturated heterocycles. The second kappa shape index (κ2) is 4.22. The smallest absolute Gasteiger partial charge is 0.345 e. The number of nitro benzene ring substituents is 1. The summed E-state index contributed by atoms with van der Waals surface area (Å²) in [7, 11) is 1.03. The highest BCUT2D eigenvalue weighted by Crippen LogP contribution is 2.29. The Hall–Kier alpha value is -1.69. The molecule has 1 aromatic rings. The number of hydrogen-bond acceptors (Lipinski definition) is 4. The van der Waals surface area contributed by atoms with Crippen LogP contribution in [0.2, 0.25) is 5.02 Å². The first-order valence-electron chi connectivity index (χ1n) is 3.69. The van der Waals surface area contributed by atoms with Gasteiger partial charge in [-0.1, -0.05) is 11.6 Å². The second-order valence-corrected chi connectivity index (χ2v) is 2.94. The second-order valence-electron chi connectivity index (χ2n) is 2.53. The van der Waals surface area contributed by atoms with E-state index in [2.05, 4.69) is 4.74 Å². The number of hydrogen-bond donors (Lipinski definition) is 0. The number of halogens is 2. The lowest BCUT2D eigenvalue weighted by atomic mass is 10.2. The van der Waals surface area contributed by atoms with E-state index in [0.717, 1.165) is 13.2 Å². The van der Waals surface area contributed by atoms with Crippen molar-refractivity contribution in [3.05, 3.63) is 38.7 Å². The molecule has 0 spiro atoms. The van der Waals surface area contributed by atoms with Gasteiger partial charge in [-0.05, 0) is 12.1 Å². The molecule has 0 aliphatic rings. The molecule has 0 amide bonds. The number of benzene rings is 1. The van der Waals surface area contributed by atoms with Gasteiger partial charge in [0.05, 0.1) is 12.0 Å². The molecule has 1 aromatic carbocycles. The van der Waals surface area contributed by atoms with E-state index < -0.39 is 33.0 Å². The van der Waals surface area contributed by atoms with Crippen LogP contribution in [0.15, 0.2) is 12.1 Å². The first-order valence-corrected chi connectivity index (χ1v) is 4.07. The number of esters is 1. The monoisotopic (exact) mass is 233 g/mol. The first kappa shape index (κ1) is 11.4. The van der Waals surface area contributed by atoms with Crippen LogP contribution in [0.1, 0.15) is 10.4 Å². The molecule has 0 heterocycles. The maximum absolute atomic E-state index is 12.9. The SMILES string of the molecule is COC(=O)c1cc(F)cc(Cl)c1[N+](=O)[O-]. The Morgan fingerprint density at radius 1 is 1.60 bits per heavy atom. The normalized spacial score (nSPS) is 9.80. The van der Waals surface area contributed by atoms with Crippen molar-refractivity contribution in [2.24, 2.45) is 0 Å². The van der Waals surface area contributed by atoms with Gasteiger partial charge in [-0.3, -0.25) is 10.1 Å². The Kier molecular flexibility index (Phi) is 3.21. The van der Waals surface area contributed by atoms with E-state index in [1.807, 2.05) is 0 Å². The van der Waals surface area contributed by atoms with Crippen molar-refractivity contribution in [3.8, 4) is 0 Å². The van der Waals surface area contributed by atoms with Crippen LogP contribution in [0.3, 0.4) is 0 Å². The number of nitro groups is 1. The summed E-state index contributed by atoms with van der Waals surface area (Å²) in [5.41, 5.74) is -1.17. The van der Waals surface area contributed by atoms with Gasteiger partial charge in [-0.25, -0.2) is 9.18 Å². The molecule has 0 N–H and O–H groups in total. The lowest BCUT2D eigenvalue weighted by Crippen LogP contribution is -2.06. The molecule has 0 fully saturated rings. The molecule has 5 nitrogen and oxygen atoms in total. The van der Waals surface area contributed by atoms with Gasteiger partial charge in [0.25, 0.3) is 0 Å². The van der Waals surface area contributed by atoms with Crippen molar-refractivity contribution in [3.63, 3.8) is 0 Å². The van der Waals surface area contributed by atoms with Gasteiger partial charge in [-0.2, -0.15) is 0 Å². The van der Waals surface area contributed by atoms with Crippen molar-refractivity contribution < 1.29 is 18.8 Å². The minimum atomic E-state index is -1.01. The molecule has 7 heteroatoms. The maximum Gasteiger partial charge on any atom is 0.345 e. The average molecular weight is 234 g/mol. The standard InChI is InChI=1S/C8H5ClFNO4/c1-15-8(12)5-2-4(10)3-6(9)7(5)11(13)14/h2-3H,1H3. The number of nitrogens with zero attached hydrogens (tertiary/aromatic N) is 1. The molecule has 0 atom stereocenters. The van der Waals surface area contributed by atoms with E-state index in [0.29, 0.717) is 6.07 Å². The quantitative estimate of drug-likeness (QED) is 0.446. The van der Waals surface area contributed by atoms with Crippen LogP contribution in [0, 0.1) is 15.9 Å². The van der Waals surface area contributed by atoms with E-state index in [-0.39, 0.29) is 0 Å². The first-order chi connectivity index (χ1) is 6.97. The molecule has 0 unspecified atom stereocenters. The van der Waals surface area contributed by atoms with E-state index in [9.17, 15) is 19.3 Å². The van der Waals surface area contributed by atoms with E-state index in [4.69, 9.17) is 11.6 Å². The minimum Gasteiger partial charge on any atom is -0.465 e. The molecule has 15 heavy (non-hydrogen) atoms. The van der Waals surface area contributed by atoms with Gasteiger partial charge >= 0.3 is 11.7 Å². The number of carbonyl (C=O) groups excluding carboxylic acids is 1. The summed E-state index contributed by atoms with van der Waals surface area (Å²) in [5.74, 6) is -1.85. The number of rotatable bonds is 2. The van der Waals surface area contributed by atoms with Gasteiger partial charge in [0.2, 0.25) is 0 Å². The Morgan fingerprint density at radius 2 is 2.20 bits per heavy atom. The third kappa shape index (κ3) is 2.21. The van der Waals surface area contributed by atoms with Gasteiger partial charge in [0.15, 0.2) is 0 Å². The highest BCUT2D eigenvalue weighted by molar-refractivity contribution is 6.33. The Morgan fingerprint density at radius 3 is 2.67 bits per heavy atom.